The molecule has 0 aliphatic carbocycles. The van der Waals surface area contributed by atoms with Gasteiger partial charge in [-0.2, -0.15) is 0 Å². The van der Waals surface area contributed by atoms with Crippen LogP contribution in [0.25, 0.3) is 0 Å². The van der Waals surface area contributed by atoms with E-state index in [1.807, 2.05) is 30.3 Å². The third-order valence-electron chi connectivity index (χ3n) is 7.10. The van der Waals surface area contributed by atoms with E-state index in [9.17, 15) is 19.2 Å². The zero-order chi connectivity index (χ0) is 34.3. The van der Waals surface area contributed by atoms with Gasteiger partial charge in [-0.05, 0) is 36.8 Å². The molecule has 0 fully saturated rings. The van der Waals surface area contributed by atoms with Crippen LogP contribution in [-0.2, 0) is 32.0 Å². The second-order valence-electron chi connectivity index (χ2n) is 11.3. The largest absolute Gasteiger partial charge is 0.370 e. The lowest BCUT2D eigenvalue weighted by molar-refractivity contribution is -0.134. The summed E-state index contributed by atoms with van der Waals surface area (Å²) in [6.45, 7) is 0.190. The number of nitrogens with two attached hydrogens (primary N) is 5. The Morgan fingerprint density at radius 1 is 0.739 bits per heavy atom. The molecule has 0 aromatic heterocycles. The highest BCUT2D eigenvalue weighted by atomic mass is 16.2. The molecule has 2 aromatic carbocycles. The van der Waals surface area contributed by atoms with Gasteiger partial charge in [-0.3, -0.25) is 24.2 Å². The van der Waals surface area contributed by atoms with Crippen LogP contribution in [0.3, 0.4) is 0 Å². The Hall–Kier alpha value is -4.30. The number of primary amides is 1. The Kier molecular flexibility index (Phi) is 14.8. The van der Waals surface area contributed by atoms with Crippen molar-refractivity contribution in [3.05, 3.63) is 71.8 Å². The van der Waals surface area contributed by atoms with Crippen molar-refractivity contribution < 1.29 is 19.2 Å². The maximum atomic E-state index is 13.7. The highest BCUT2D eigenvalue weighted by molar-refractivity contribution is 6.39. The maximum absolute atomic E-state index is 13.7. The molecular formula is C30H42B3N9O4. The molecule has 4 atom stereocenters. The fourth-order valence-electron chi connectivity index (χ4n) is 4.57. The van der Waals surface area contributed by atoms with Crippen molar-refractivity contribution >= 4 is 53.1 Å². The first-order valence-corrected chi connectivity index (χ1v) is 14.9. The molecule has 0 saturated carbocycles. The van der Waals surface area contributed by atoms with Gasteiger partial charge in [-0.15, -0.1) is 0 Å². The molecule has 0 aliphatic heterocycles. The molecule has 0 spiro atoms. The number of amides is 4. The molecule has 13 nitrogen and oxygen atoms in total. The summed E-state index contributed by atoms with van der Waals surface area (Å²) >= 11 is 0. The van der Waals surface area contributed by atoms with E-state index in [1.54, 1.807) is 30.3 Å². The molecule has 4 amide bonds. The van der Waals surface area contributed by atoms with E-state index in [2.05, 4.69) is 20.9 Å². The molecule has 13 N–H and O–H groups in total. The van der Waals surface area contributed by atoms with E-state index in [0.717, 1.165) is 5.56 Å². The molecule has 2 aromatic rings. The van der Waals surface area contributed by atoms with Crippen LogP contribution < -0.4 is 44.6 Å². The number of nitrogens with zero attached hydrogens (tertiary/aromatic N) is 1. The molecular weight excluding hydrogens is 583 g/mol. The third kappa shape index (κ3) is 13.8. The van der Waals surface area contributed by atoms with Crippen molar-refractivity contribution in [1.82, 2.24) is 16.0 Å². The van der Waals surface area contributed by atoms with Crippen LogP contribution in [0.2, 0.25) is 0 Å². The standard InChI is InChI=1S/C30H42B3N9O4/c31-29(27(35)46,14-8-15-30(32,33)38)42-26(45)23(18-20-11-5-2-6-12-20)41-25(44)22(13-7-16-39-28(36)37)40-24(43)21(34)17-19-9-3-1-4-10-19/h1-6,9-12,21-23H,7-8,13-18,34,38H2,(H2,35,46)(H,40,43)(H,41,44)(H,42,45)(H4,36,37,39)/t21-,22+,23-,29-/m0/s1. The van der Waals surface area contributed by atoms with Gasteiger partial charge in [-0.25, -0.2) is 0 Å². The second-order valence-corrected chi connectivity index (χ2v) is 11.3. The summed E-state index contributed by atoms with van der Waals surface area (Å²) in [5, 5.41) is 6.33. The van der Waals surface area contributed by atoms with Gasteiger partial charge in [0, 0.05) is 13.0 Å². The minimum atomic E-state index is -2.00. The zero-order valence-corrected chi connectivity index (χ0v) is 25.9. The molecule has 0 unspecified atom stereocenters. The van der Waals surface area contributed by atoms with Gasteiger partial charge in [0.15, 0.2) is 5.96 Å². The number of nitrogens with one attached hydrogen (secondary N) is 3. The van der Waals surface area contributed by atoms with Gasteiger partial charge in [0.25, 0.3) is 0 Å². The lowest BCUT2D eigenvalue weighted by Crippen LogP contribution is -2.63. The highest BCUT2D eigenvalue weighted by Crippen LogP contribution is 2.15. The average molecular weight is 625 g/mol. The predicted octanol–water partition coefficient (Wildman–Crippen LogP) is -2.59. The van der Waals surface area contributed by atoms with Crippen LogP contribution in [-0.4, -0.2) is 88.6 Å². The summed E-state index contributed by atoms with van der Waals surface area (Å²) in [6, 6.07) is 14.7. The Bertz CT molecular complexity index is 1330. The van der Waals surface area contributed by atoms with Gasteiger partial charge < -0.3 is 44.6 Å². The SMILES string of the molecule is [B]C([B])(N)CCC[C@]([B])(NC(=O)[C@H](Cc1ccccc1)NC(=O)[C@@H](CCCN=C(N)N)NC(=O)[C@@H](N)Cc1ccccc1)C(N)=O. The van der Waals surface area contributed by atoms with Crippen molar-refractivity contribution in [2.45, 2.75) is 73.8 Å². The number of carbonyl (C=O) groups is 4. The lowest BCUT2D eigenvalue weighted by Gasteiger charge is -2.32. The van der Waals surface area contributed by atoms with Crippen LogP contribution in [0, 0.1) is 0 Å². The van der Waals surface area contributed by atoms with Gasteiger partial charge in [-0.1, -0.05) is 78.8 Å². The number of rotatable bonds is 19. The molecule has 0 saturated heterocycles. The smallest absolute Gasteiger partial charge is 0.243 e. The Balaban J connectivity index is 2.28. The summed E-state index contributed by atoms with van der Waals surface area (Å²) < 4.78 is 0. The fraction of sp³-hybridized carbons (Fsp3) is 0.433. The molecule has 6 radical (unpaired) electrons. The third-order valence-corrected chi connectivity index (χ3v) is 7.10. The number of hydrogen-bond acceptors (Lipinski definition) is 7. The minimum Gasteiger partial charge on any atom is -0.370 e. The van der Waals surface area contributed by atoms with Gasteiger partial charge in [0.1, 0.15) is 19.9 Å². The van der Waals surface area contributed by atoms with Gasteiger partial charge >= 0.3 is 0 Å². The van der Waals surface area contributed by atoms with Crippen molar-refractivity contribution in [3.8, 4) is 0 Å². The molecule has 0 bridgehead atoms. The number of aliphatic imine (C=N–C) groups is 1. The fourth-order valence-corrected chi connectivity index (χ4v) is 4.57. The van der Waals surface area contributed by atoms with E-state index in [1.165, 1.54) is 0 Å². The van der Waals surface area contributed by atoms with Crippen LogP contribution >= 0.6 is 0 Å². The van der Waals surface area contributed by atoms with Crippen LogP contribution in [0.15, 0.2) is 65.7 Å². The van der Waals surface area contributed by atoms with Crippen LogP contribution in [0.1, 0.15) is 43.2 Å². The van der Waals surface area contributed by atoms with Crippen molar-refractivity contribution in [1.29, 1.82) is 0 Å². The van der Waals surface area contributed by atoms with Gasteiger partial charge in [0.05, 0.1) is 27.2 Å². The van der Waals surface area contributed by atoms with Crippen molar-refractivity contribution in [3.63, 3.8) is 0 Å². The molecule has 46 heavy (non-hydrogen) atoms. The maximum Gasteiger partial charge on any atom is 0.243 e. The van der Waals surface area contributed by atoms with Crippen LogP contribution in [0.4, 0.5) is 0 Å². The highest BCUT2D eigenvalue weighted by Gasteiger charge is 2.36. The summed E-state index contributed by atoms with van der Waals surface area (Å²) in [5.74, 6) is -3.17. The van der Waals surface area contributed by atoms with Crippen molar-refractivity contribution in [2.75, 3.05) is 6.54 Å². The summed E-state index contributed by atoms with van der Waals surface area (Å²) in [5.41, 5.74) is 27.7. The number of hydrogen-bond donors (Lipinski definition) is 8. The first-order valence-electron chi connectivity index (χ1n) is 14.9. The minimum absolute atomic E-state index is 0.0208. The van der Waals surface area contributed by atoms with E-state index in [4.69, 9.17) is 52.2 Å². The Labute approximate surface area is 273 Å². The number of carbonyl (C=O) groups excluding carboxylic acids is 4. The van der Waals surface area contributed by atoms with Gasteiger partial charge in [0.2, 0.25) is 23.6 Å². The van der Waals surface area contributed by atoms with Crippen molar-refractivity contribution in [2.24, 2.45) is 33.7 Å². The lowest BCUT2D eigenvalue weighted by atomic mass is 9.59. The normalized spacial score (nSPS) is 14.5. The zero-order valence-electron chi connectivity index (χ0n) is 25.9. The van der Waals surface area contributed by atoms with E-state index < -0.39 is 52.5 Å². The first-order chi connectivity index (χ1) is 21.6. The molecule has 2 rings (SSSR count). The molecule has 16 heteroatoms. The molecule has 0 aliphatic rings. The number of benzene rings is 2. The summed E-state index contributed by atoms with van der Waals surface area (Å²) in [4.78, 5) is 56.7. The topological polar surface area (TPSA) is 247 Å². The molecule has 240 valence electrons. The predicted molar refractivity (Wildman–Crippen MR) is 180 cm³/mol. The monoisotopic (exact) mass is 625 g/mol. The van der Waals surface area contributed by atoms with E-state index in [0.29, 0.717) is 12.0 Å². The molecule has 0 heterocycles. The Morgan fingerprint density at radius 3 is 1.80 bits per heavy atom. The van der Waals surface area contributed by atoms with Crippen LogP contribution in [0.5, 0.6) is 0 Å². The first kappa shape index (κ1) is 37.9. The summed E-state index contributed by atoms with van der Waals surface area (Å²) in [7, 11) is 17.4. The Morgan fingerprint density at radius 2 is 1.28 bits per heavy atom. The quantitative estimate of drug-likeness (QED) is 0.0355. The summed E-state index contributed by atoms with van der Waals surface area (Å²) in [6.07, 6.45) is 0.799. The average Bonchev–Trinajstić information content (AvgIpc) is 2.98. The second kappa shape index (κ2) is 18.0. The van der Waals surface area contributed by atoms with E-state index >= 15 is 0 Å². The number of guanidine groups is 1. The van der Waals surface area contributed by atoms with E-state index in [-0.39, 0.29) is 51.0 Å².